The standard InChI is InChI=1S/C15H15N3S/c16-8-9-1-6-12-13(7-9)18(15(19)17-12)14(10-2-3-10)11-4-5-11/h1,6-7,10-11,14H,2-5H2,(H,17,19). The third-order valence-corrected chi connectivity index (χ3v) is 4.65. The van der Waals surface area contributed by atoms with Gasteiger partial charge in [-0.2, -0.15) is 5.26 Å². The Kier molecular flexibility index (Phi) is 2.33. The predicted octanol–water partition coefficient (Wildman–Crippen LogP) is 3.93. The summed E-state index contributed by atoms with van der Waals surface area (Å²) in [6.45, 7) is 0. The molecule has 0 unspecified atom stereocenters. The molecule has 1 aromatic carbocycles. The molecule has 2 aliphatic carbocycles. The van der Waals surface area contributed by atoms with Gasteiger partial charge in [0.2, 0.25) is 0 Å². The zero-order chi connectivity index (χ0) is 13.0. The Labute approximate surface area is 116 Å². The van der Waals surface area contributed by atoms with E-state index in [9.17, 15) is 0 Å². The highest BCUT2D eigenvalue weighted by Crippen LogP contribution is 2.52. The lowest BCUT2D eigenvalue weighted by atomic mass is 10.1. The molecule has 0 saturated heterocycles. The van der Waals surface area contributed by atoms with Gasteiger partial charge in [-0.1, -0.05) is 0 Å². The van der Waals surface area contributed by atoms with E-state index in [1.165, 1.54) is 25.7 Å². The molecule has 19 heavy (non-hydrogen) atoms. The third kappa shape index (κ3) is 1.81. The van der Waals surface area contributed by atoms with Crippen molar-refractivity contribution in [2.45, 2.75) is 31.7 Å². The second-order valence-electron chi connectivity index (χ2n) is 5.81. The van der Waals surface area contributed by atoms with E-state index in [0.717, 1.165) is 27.6 Å². The van der Waals surface area contributed by atoms with Crippen LogP contribution in [0.15, 0.2) is 18.2 Å². The molecule has 2 aromatic rings. The van der Waals surface area contributed by atoms with Crippen LogP contribution in [0.1, 0.15) is 37.3 Å². The van der Waals surface area contributed by atoms with Crippen LogP contribution in [0.2, 0.25) is 0 Å². The van der Waals surface area contributed by atoms with Crippen LogP contribution in [0.3, 0.4) is 0 Å². The van der Waals surface area contributed by atoms with Crippen molar-refractivity contribution in [3.63, 3.8) is 0 Å². The molecule has 4 heteroatoms. The molecule has 1 aromatic heterocycles. The number of nitrogens with one attached hydrogen (secondary N) is 1. The smallest absolute Gasteiger partial charge is 0.178 e. The van der Waals surface area contributed by atoms with Crippen molar-refractivity contribution in [1.82, 2.24) is 9.55 Å². The SMILES string of the molecule is N#Cc1ccc2[nH]c(=S)n(C(C3CC3)C3CC3)c2c1. The fourth-order valence-electron chi connectivity index (χ4n) is 3.17. The average Bonchev–Trinajstić information content (AvgIpc) is 3.30. The Hall–Kier alpha value is -1.60. The first-order valence-corrected chi connectivity index (χ1v) is 7.33. The molecule has 0 radical (unpaired) electrons. The van der Waals surface area contributed by atoms with Gasteiger partial charge >= 0.3 is 0 Å². The lowest BCUT2D eigenvalue weighted by molar-refractivity contribution is 0.400. The van der Waals surface area contributed by atoms with Gasteiger partial charge in [0.15, 0.2) is 4.77 Å². The first-order chi connectivity index (χ1) is 9.28. The quantitative estimate of drug-likeness (QED) is 0.858. The van der Waals surface area contributed by atoms with Gasteiger partial charge in [0, 0.05) is 6.04 Å². The number of H-pyrrole nitrogens is 1. The normalized spacial score (nSPS) is 18.9. The topological polar surface area (TPSA) is 44.5 Å². The number of imidazole rings is 1. The van der Waals surface area contributed by atoms with Crippen LogP contribution >= 0.6 is 12.2 Å². The predicted molar refractivity (Wildman–Crippen MR) is 76.3 cm³/mol. The first-order valence-electron chi connectivity index (χ1n) is 6.92. The van der Waals surface area contributed by atoms with E-state index in [1.54, 1.807) is 0 Å². The van der Waals surface area contributed by atoms with Crippen molar-refractivity contribution in [3.8, 4) is 6.07 Å². The summed E-state index contributed by atoms with van der Waals surface area (Å²) < 4.78 is 3.11. The lowest BCUT2D eigenvalue weighted by Gasteiger charge is -2.18. The maximum atomic E-state index is 9.08. The molecule has 0 spiro atoms. The number of aromatic nitrogens is 2. The van der Waals surface area contributed by atoms with Crippen molar-refractivity contribution >= 4 is 23.3 Å². The fourth-order valence-corrected chi connectivity index (χ4v) is 3.50. The van der Waals surface area contributed by atoms with E-state index in [4.69, 9.17) is 17.5 Å². The van der Waals surface area contributed by atoms with E-state index in [2.05, 4.69) is 15.6 Å². The molecule has 0 aliphatic heterocycles. The zero-order valence-electron chi connectivity index (χ0n) is 10.6. The van der Waals surface area contributed by atoms with Crippen LogP contribution in [0, 0.1) is 27.9 Å². The van der Waals surface area contributed by atoms with Crippen molar-refractivity contribution < 1.29 is 0 Å². The van der Waals surface area contributed by atoms with Crippen molar-refractivity contribution in [2.75, 3.05) is 0 Å². The molecular formula is C15H15N3S. The van der Waals surface area contributed by atoms with Gasteiger partial charge in [-0.25, -0.2) is 0 Å². The second-order valence-corrected chi connectivity index (χ2v) is 6.20. The number of rotatable bonds is 3. The van der Waals surface area contributed by atoms with Gasteiger partial charge in [0.05, 0.1) is 22.7 Å². The maximum absolute atomic E-state index is 9.08. The van der Waals surface area contributed by atoms with Gasteiger partial charge < -0.3 is 9.55 Å². The summed E-state index contributed by atoms with van der Waals surface area (Å²) in [4.78, 5) is 3.29. The Morgan fingerprint density at radius 1 is 1.26 bits per heavy atom. The Morgan fingerprint density at radius 3 is 2.53 bits per heavy atom. The molecule has 1 N–H and O–H groups in total. The monoisotopic (exact) mass is 269 g/mol. The van der Waals surface area contributed by atoms with Crippen LogP contribution in [-0.2, 0) is 0 Å². The molecule has 1 heterocycles. The minimum absolute atomic E-state index is 0.551. The Balaban J connectivity index is 1.94. The van der Waals surface area contributed by atoms with Gasteiger partial charge in [0.1, 0.15) is 0 Å². The molecule has 2 saturated carbocycles. The molecule has 3 nitrogen and oxygen atoms in total. The molecule has 4 rings (SSSR count). The summed E-state index contributed by atoms with van der Waals surface area (Å²) in [5, 5.41) is 9.08. The molecule has 2 fully saturated rings. The molecular weight excluding hydrogens is 254 g/mol. The maximum Gasteiger partial charge on any atom is 0.178 e. The second kappa shape index (κ2) is 3.94. The number of nitrogens with zero attached hydrogens (tertiary/aromatic N) is 2. The highest BCUT2D eigenvalue weighted by Gasteiger charge is 2.43. The number of nitriles is 1. The van der Waals surface area contributed by atoms with Gasteiger partial charge in [0.25, 0.3) is 0 Å². The van der Waals surface area contributed by atoms with Gasteiger partial charge in [-0.05, 0) is 67.9 Å². The lowest BCUT2D eigenvalue weighted by Crippen LogP contribution is -2.13. The summed E-state index contributed by atoms with van der Waals surface area (Å²) in [5.74, 6) is 1.59. The number of benzene rings is 1. The zero-order valence-corrected chi connectivity index (χ0v) is 11.4. The third-order valence-electron chi connectivity index (χ3n) is 4.35. The van der Waals surface area contributed by atoms with E-state index in [-0.39, 0.29) is 0 Å². The summed E-state index contributed by atoms with van der Waals surface area (Å²) >= 11 is 5.53. The number of hydrogen-bond acceptors (Lipinski definition) is 2. The van der Waals surface area contributed by atoms with E-state index < -0.39 is 0 Å². The Morgan fingerprint density at radius 2 is 1.95 bits per heavy atom. The van der Waals surface area contributed by atoms with Crippen LogP contribution in [0.25, 0.3) is 11.0 Å². The fraction of sp³-hybridized carbons (Fsp3) is 0.467. The Bertz CT molecular complexity index is 729. The summed E-state index contributed by atoms with van der Waals surface area (Å²) in [6, 6.07) is 8.56. The summed E-state index contributed by atoms with van der Waals surface area (Å²) in [5.41, 5.74) is 2.86. The van der Waals surface area contributed by atoms with Crippen LogP contribution in [0.5, 0.6) is 0 Å². The van der Waals surface area contributed by atoms with E-state index >= 15 is 0 Å². The summed E-state index contributed by atoms with van der Waals surface area (Å²) in [6.07, 6.45) is 5.31. The van der Waals surface area contributed by atoms with E-state index in [1.807, 2.05) is 18.2 Å². The van der Waals surface area contributed by atoms with Crippen LogP contribution in [-0.4, -0.2) is 9.55 Å². The van der Waals surface area contributed by atoms with Gasteiger partial charge in [-0.3, -0.25) is 0 Å². The van der Waals surface area contributed by atoms with Crippen molar-refractivity contribution in [3.05, 3.63) is 28.5 Å². The largest absolute Gasteiger partial charge is 0.331 e. The molecule has 0 amide bonds. The number of hydrogen-bond donors (Lipinski definition) is 1. The molecule has 0 atom stereocenters. The van der Waals surface area contributed by atoms with E-state index in [0.29, 0.717) is 11.6 Å². The highest BCUT2D eigenvalue weighted by atomic mass is 32.1. The minimum Gasteiger partial charge on any atom is -0.331 e. The molecule has 0 bridgehead atoms. The number of fused-ring (bicyclic) bond motifs is 1. The average molecular weight is 269 g/mol. The molecule has 96 valence electrons. The van der Waals surface area contributed by atoms with Crippen LogP contribution in [0.4, 0.5) is 0 Å². The van der Waals surface area contributed by atoms with Crippen LogP contribution < -0.4 is 0 Å². The summed E-state index contributed by atoms with van der Waals surface area (Å²) in [7, 11) is 0. The number of aromatic amines is 1. The van der Waals surface area contributed by atoms with Gasteiger partial charge in [-0.15, -0.1) is 0 Å². The molecule has 2 aliphatic rings. The minimum atomic E-state index is 0.551. The first kappa shape index (κ1) is 11.2. The van der Waals surface area contributed by atoms with Crippen molar-refractivity contribution in [2.24, 2.45) is 11.8 Å². The highest BCUT2D eigenvalue weighted by molar-refractivity contribution is 7.71. The van der Waals surface area contributed by atoms with Crippen molar-refractivity contribution in [1.29, 1.82) is 5.26 Å².